The summed E-state index contributed by atoms with van der Waals surface area (Å²) in [5, 5.41) is 0. The summed E-state index contributed by atoms with van der Waals surface area (Å²) in [7, 11) is 0. The van der Waals surface area contributed by atoms with Crippen LogP contribution in [0.3, 0.4) is 0 Å². The van der Waals surface area contributed by atoms with E-state index in [1.165, 1.54) is 4.90 Å². The second-order valence-electron chi connectivity index (χ2n) is 5.78. The number of benzene rings is 2. The van der Waals surface area contributed by atoms with Gasteiger partial charge >= 0.3 is 5.97 Å². The van der Waals surface area contributed by atoms with E-state index in [-0.39, 0.29) is 5.97 Å². The monoisotopic (exact) mass is 344 g/mol. The Morgan fingerprint density at radius 2 is 1.54 bits per heavy atom. The number of hydrazine groups is 1. The minimum absolute atomic E-state index is 0.300. The van der Waals surface area contributed by atoms with E-state index >= 15 is 0 Å². The van der Waals surface area contributed by atoms with Crippen molar-refractivity contribution >= 4 is 29.1 Å². The van der Waals surface area contributed by atoms with E-state index in [0.29, 0.717) is 18.1 Å². The highest BCUT2D eigenvalue weighted by Gasteiger charge is 2.05. The maximum atomic E-state index is 11.6. The minimum Gasteiger partial charge on any atom is -0.462 e. The van der Waals surface area contributed by atoms with Gasteiger partial charge in [-0.3, -0.25) is 0 Å². The number of thioether (sulfide) groups is 1. The highest BCUT2D eigenvalue weighted by molar-refractivity contribution is 7.99. The number of hydrogen-bond acceptors (Lipinski definition) is 5. The van der Waals surface area contributed by atoms with Crippen molar-refractivity contribution in [2.45, 2.75) is 25.7 Å². The summed E-state index contributed by atoms with van der Waals surface area (Å²) in [5.74, 6) is 1.51. The molecule has 2 aromatic rings. The summed E-state index contributed by atoms with van der Waals surface area (Å²) >= 11 is 1.87. The maximum Gasteiger partial charge on any atom is 0.338 e. The third-order valence-corrected chi connectivity index (χ3v) is 4.62. The molecule has 0 saturated carbocycles. The lowest BCUT2D eigenvalue weighted by Crippen LogP contribution is -2.09. The van der Waals surface area contributed by atoms with Gasteiger partial charge in [-0.05, 0) is 61.4 Å². The lowest BCUT2D eigenvalue weighted by molar-refractivity contribution is 0.0526. The van der Waals surface area contributed by atoms with Crippen molar-refractivity contribution in [3.8, 4) is 0 Å². The van der Waals surface area contributed by atoms with Crippen LogP contribution in [-0.4, -0.2) is 18.3 Å². The number of nitrogens with one attached hydrogen (secondary N) is 2. The molecule has 0 radical (unpaired) electrons. The van der Waals surface area contributed by atoms with Gasteiger partial charge in [-0.15, -0.1) is 11.8 Å². The molecule has 0 fully saturated rings. The zero-order chi connectivity index (χ0) is 17.4. The third kappa shape index (κ3) is 5.81. The minimum atomic E-state index is -0.300. The fourth-order valence-electron chi connectivity index (χ4n) is 1.95. The van der Waals surface area contributed by atoms with Gasteiger partial charge in [0, 0.05) is 10.6 Å². The first-order valence-electron chi connectivity index (χ1n) is 8.10. The molecule has 0 aromatic heterocycles. The smallest absolute Gasteiger partial charge is 0.338 e. The Labute approximate surface area is 148 Å². The average molecular weight is 344 g/mol. The summed E-state index contributed by atoms with van der Waals surface area (Å²) in [5.41, 5.74) is 8.68. The maximum absolute atomic E-state index is 11.6. The molecule has 0 heterocycles. The first-order chi connectivity index (χ1) is 11.6. The van der Waals surface area contributed by atoms with Crippen LogP contribution in [0.2, 0.25) is 0 Å². The van der Waals surface area contributed by atoms with Crippen LogP contribution in [0.5, 0.6) is 0 Å². The molecule has 0 atom stereocenters. The van der Waals surface area contributed by atoms with Gasteiger partial charge in [-0.1, -0.05) is 13.8 Å². The Hall–Kier alpha value is -2.14. The second-order valence-corrected chi connectivity index (χ2v) is 6.87. The predicted molar refractivity (Wildman–Crippen MR) is 102 cm³/mol. The van der Waals surface area contributed by atoms with Crippen LogP contribution in [0.25, 0.3) is 0 Å². The van der Waals surface area contributed by atoms with Gasteiger partial charge < -0.3 is 15.6 Å². The molecule has 0 aliphatic rings. The molecule has 0 aliphatic carbocycles. The van der Waals surface area contributed by atoms with E-state index in [1.807, 2.05) is 36.0 Å². The number of hydrogen-bond donors (Lipinski definition) is 2. The van der Waals surface area contributed by atoms with Crippen molar-refractivity contribution in [3.63, 3.8) is 0 Å². The molecule has 0 saturated heterocycles. The van der Waals surface area contributed by atoms with Crippen molar-refractivity contribution < 1.29 is 9.53 Å². The lowest BCUT2D eigenvalue weighted by Gasteiger charge is -2.11. The lowest BCUT2D eigenvalue weighted by atomic mass is 10.2. The SMILES string of the molecule is CCOC(=O)c1ccc(NNc2ccc(SCC(C)C)cc2)cc1. The number of ether oxygens (including phenoxy) is 1. The molecule has 128 valence electrons. The Balaban J connectivity index is 1.85. The fourth-order valence-corrected chi connectivity index (χ4v) is 2.80. The molecule has 2 N–H and O–H groups in total. The van der Waals surface area contributed by atoms with Crippen LogP contribution >= 0.6 is 11.8 Å². The van der Waals surface area contributed by atoms with Gasteiger partial charge in [0.15, 0.2) is 0 Å². The van der Waals surface area contributed by atoms with Crippen LogP contribution < -0.4 is 10.9 Å². The topological polar surface area (TPSA) is 50.4 Å². The van der Waals surface area contributed by atoms with E-state index in [1.54, 1.807) is 19.1 Å². The zero-order valence-electron chi connectivity index (χ0n) is 14.3. The summed E-state index contributed by atoms with van der Waals surface area (Å²) in [4.78, 5) is 12.9. The molecule has 2 aromatic carbocycles. The average Bonchev–Trinajstić information content (AvgIpc) is 2.59. The van der Waals surface area contributed by atoms with Crippen LogP contribution in [0.15, 0.2) is 53.4 Å². The summed E-state index contributed by atoms with van der Waals surface area (Å²) in [6.45, 7) is 6.62. The molecule has 4 nitrogen and oxygen atoms in total. The van der Waals surface area contributed by atoms with Crippen LogP contribution in [0.4, 0.5) is 11.4 Å². The van der Waals surface area contributed by atoms with Crippen LogP contribution in [-0.2, 0) is 4.74 Å². The van der Waals surface area contributed by atoms with Crippen molar-refractivity contribution in [2.75, 3.05) is 23.2 Å². The number of rotatable bonds is 8. The normalized spacial score (nSPS) is 10.5. The van der Waals surface area contributed by atoms with Crippen molar-refractivity contribution in [1.29, 1.82) is 0 Å². The highest BCUT2D eigenvalue weighted by Crippen LogP contribution is 2.22. The molecule has 0 bridgehead atoms. The molecule has 0 aliphatic heterocycles. The molecule has 0 spiro atoms. The first kappa shape index (κ1) is 18.2. The van der Waals surface area contributed by atoms with Gasteiger partial charge in [-0.25, -0.2) is 4.79 Å². The van der Waals surface area contributed by atoms with E-state index < -0.39 is 0 Å². The van der Waals surface area contributed by atoms with Crippen LogP contribution in [0, 0.1) is 5.92 Å². The zero-order valence-corrected chi connectivity index (χ0v) is 15.2. The van der Waals surface area contributed by atoms with Gasteiger partial charge in [-0.2, -0.15) is 0 Å². The van der Waals surface area contributed by atoms with Crippen molar-refractivity contribution in [1.82, 2.24) is 0 Å². The predicted octanol–water partition coefficient (Wildman–Crippen LogP) is 5.05. The Kier molecular flexibility index (Phi) is 7.00. The van der Waals surface area contributed by atoms with Gasteiger partial charge in [0.25, 0.3) is 0 Å². The molecule has 0 amide bonds. The van der Waals surface area contributed by atoms with Gasteiger partial charge in [0.05, 0.1) is 23.5 Å². The summed E-state index contributed by atoms with van der Waals surface area (Å²) in [6.07, 6.45) is 0. The molecular weight excluding hydrogens is 320 g/mol. The van der Waals surface area contributed by atoms with Crippen molar-refractivity contribution in [2.24, 2.45) is 5.92 Å². The molecule has 2 rings (SSSR count). The summed E-state index contributed by atoms with van der Waals surface area (Å²) < 4.78 is 4.97. The molecule has 0 unspecified atom stereocenters. The van der Waals surface area contributed by atoms with E-state index in [0.717, 1.165) is 17.1 Å². The Bertz CT molecular complexity index is 639. The Morgan fingerprint density at radius 1 is 1.00 bits per heavy atom. The number of esters is 1. The largest absolute Gasteiger partial charge is 0.462 e. The highest BCUT2D eigenvalue weighted by atomic mass is 32.2. The fraction of sp³-hybridized carbons (Fsp3) is 0.316. The molecular formula is C19H24N2O2S. The first-order valence-corrected chi connectivity index (χ1v) is 9.09. The quantitative estimate of drug-likeness (QED) is 0.399. The molecule has 24 heavy (non-hydrogen) atoms. The molecule has 5 heteroatoms. The van der Waals surface area contributed by atoms with Gasteiger partial charge in [0.2, 0.25) is 0 Å². The van der Waals surface area contributed by atoms with E-state index in [4.69, 9.17) is 4.74 Å². The van der Waals surface area contributed by atoms with E-state index in [2.05, 4.69) is 36.8 Å². The standard InChI is InChI=1S/C19H24N2O2S/c1-4-23-19(22)15-5-7-16(8-6-15)20-21-17-9-11-18(12-10-17)24-13-14(2)3/h5-12,14,20-21H,4,13H2,1-3H3. The second kappa shape index (κ2) is 9.23. The number of anilines is 2. The van der Waals surface area contributed by atoms with Crippen molar-refractivity contribution in [3.05, 3.63) is 54.1 Å². The van der Waals surface area contributed by atoms with Crippen LogP contribution in [0.1, 0.15) is 31.1 Å². The number of carbonyl (C=O) groups is 1. The summed E-state index contributed by atoms with van der Waals surface area (Å²) in [6, 6.07) is 15.5. The third-order valence-electron chi connectivity index (χ3n) is 3.18. The van der Waals surface area contributed by atoms with Gasteiger partial charge in [0.1, 0.15) is 0 Å². The van der Waals surface area contributed by atoms with E-state index in [9.17, 15) is 4.79 Å². The Morgan fingerprint density at radius 3 is 2.04 bits per heavy atom. The number of carbonyl (C=O) groups excluding carboxylic acids is 1.